The molecule has 160 valence electrons. The fourth-order valence-corrected chi connectivity index (χ4v) is 3.45. The first-order valence-electron chi connectivity index (χ1n) is 9.17. The van der Waals surface area contributed by atoms with Gasteiger partial charge in [-0.2, -0.15) is 0 Å². The molecule has 0 aliphatic rings. The molecule has 0 fully saturated rings. The summed E-state index contributed by atoms with van der Waals surface area (Å²) in [7, 11) is 3.27. The van der Waals surface area contributed by atoms with Gasteiger partial charge in [-0.1, -0.05) is 59.6 Å². The van der Waals surface area contributed by atoms with Crippen molar-refractivity contribution < 1.29 is 14.2 Å². The van der Waals surface area contributed by atoms with Crippen LogP contribution in [0, 0.1) is 0 Å². The fourth-order valence-electron chi connectivity index (χ4n) is 2.97. The molecule has 0 amide bonds. The van der Waals surface area contributed by atoms with Crippen molar-refractivity contribution in [3.63, 3.8) is 0 Å². The topological polar surface area (TPSA) is 39.7 Å². The number of hydrogen-bond donors (Lipinski definition) is 1. The highest BCUT2D eigenvalue weighted by Crippen LogP contribution is 2.37. The Labute approximate surface area is 193 Å². The molecule has 0 aromatic heterocycles. The van der Waals surface area contributed by atoms with E-state index in [2.05, 4.69) is 5.32 Å². The molecular formula is C23H24Cl3NO3. The SMILES string of the molecule is COc1ccccc1CNCc1cc(Cl)c(OCc2ccccc2Cl)c(OC)c1.Cl. The Morgan fingerprint density at radius 3 is 2.13 bits per heavy atom. The van der Waals surface area contributed by atoms with Gasteiger partial charge in [0.05, 0.1) is 19.2 Å². The summed E-state index contributed by atoms with van der Waals surface area (Å²) < 4.78 is 16.8. The van der Waals surface area contributed by atoms with Crippen LogP contribution in [0.1, 0.15) is 16.7 Å². The number of halogens is 3. The van der Waals surface area contributed by atoms with Crippen LogP contribution < -0.4 is 19.5 Å². The molecule has 0 saturated heterocycles. The zero-order chi connectivity index (χ0) is 20.6. The van der Waals surface area contributed by atoms with Crippen LogP contribution in [0.4, 0.5) is 0 Å². The van der Waals surface area contributed by atoms with Gasteiger partial charge in [0.1, 0.15) is 12.4 Å². The lowest BCUT2D eigenvalue weighted by Gasteiger charge is -2.15. The van der Waals surface area contributed by atoms with Crippen LogP contribution in [0.15, 0.2) is 60.7 Å². The van der Waals surface area contributed by atoms with Gasteiger partial charge in [-0.3, -0.25) is 0 Å². The Hall–Kier alpha value is -2.11. The average Bonchev–Trinajstić information content (AvgIpc) is 2.74. The lowest BCUT2D eigenvalue weighted by atomic mass is 10.1. The second-order valence-electron chi connectivity index (χ2n) is 6.40. The lowest BCUT2D eigenvalue weighted by Crippen LogP contribution is -2.13. The number of nitrogens with one attached hydrogen (secondary N) is 1. The minimum absolute atomic E-state index is 0. The molecule has 1 N–H and O–H groups in total. The molecule has 3 rings (SSSR count). The Morgan fingerprint density at radius 2 is 1.43 bits per heavy atom. The minimum Gasteiger partial charge on any atom is -0.496 e. The number of methoxy groups -OCH3 is 2. The van der Waals surface area contributed by atoms with E-state index >= 15 is 0 Å². The van der Waals surface area contributed by atoms with Crippen molar-refractivity contribution in [2.45, 2.75) is 19.7 Å². The van der Waals surface area contributed by atoms with Crippen LogP contribution in [-0.4, -0.2) is 14.2 Å². The van der Waals surface area contributed by atoms with Gasteiger partial charge in [0.25, 0.3) is 0 Å². The molecule has 0 aliphatic carbocycles. The van der Waals surface area contributed by atoms with E-state index in [1.807, 2.05) is 60.7 Å². The van der Waals surface area contributed by atoms with E-state index in [1.54, 1.807) is 14.2 Å². The predicted molar refractivity (Wildman–Crippen MR) is 125 cm³/mol. The number of para-hydroxylation sites is 1. The summed E-state index contributed by atoms with van der Waals surface area (Å²) in [5.74, 6) is 1.94. The summed E-state index contributed by atoms with van der Waals surface area (Å²) in [6.07, 6.45) is 0. The monoisotopic (exact) mass is 467 g/mol. The highest BCUT2D eigenvalue weighted by Gasteiger charge is 2.13. The average molecular weight is 469 g/mol. The Balaban J connectivity index is 0.00000320. The van der Waals surface area contributed by atoms with Crippen LogP contribution in [0.25, 0.3) is 0 Å². The quantitative estimate of drug-likeness (QED) is 0.400. The van der Waals surface area contributed by atoms with Gasteiger partial charge >= 0.3 is 0 Å². The maximum atomic E-state index is 6.48. The van der Waals surface area contributed by atoms with Gasteiger partial charge < -0.3 is 19.5 Å². The van der Waals surface area contributed by atoms with E-state index < -0.39 is 0 Å². The molecule has 0 heterocycles. The summed E-state index contributed by atoms with van der Waals surface area (Å²) >= 11 is 12.7. The summed E-state index contributed by atoms with van der Waals surface area (Å²) in [6, 6.07) is 19.3. The third-order valence-electron chi connectivity index (χ3n) is 4.46. The summed E-state index contributed by atoms with van der Waals surface area (Å²) in [5.41, 5.74) is 2.97. The molecule has 0 spiro atoms. The molecule has 30 heavy (non-hydrogen) atoms. The second-order valence-corrected chi connectivity index (χ2v) is 7.22. The van der Waals surface area contributed by atoms with Gasteiger partial charge in [0.2, 0.25) is 0 Å². The van der Waals surface area contributed by atoms with E-state index in [0.29, 0.717) is 41.2 Å². The van der Waals surface area contributed by atoms with Crippen molar-refractivity contribution in [3.05, 3.63) is 87.4 Å². The first-order chi connectivity index (χ1) is 14.1. The van der Waals surface area contributed by atoms with E-state index in [-0.39, 0.29) is 12.4 Å². The molecule has 0 bridgehead atoms. The maximum absolute atomic E-state index is 6.48. The number of hydrogen-bond acceptors (Lipinski definition) is 4. The number of ether oxygens (including phenoxy) is 3. The molecule has 7 heteroatoms. The van der Waals surface area contributed by atoms with Crippen molar-refractivity contribution in [2.75, 3.05) is 14.2 Å². The van der Waals surface area contributed by atoms with Gasteiger partial charge in [0.15, 0.2) is 11.5 Å². The van der Waals surface area contributed by atoms with Crippen LogP contribution in [0.2, 0.25) is 10.0 Å². The van der Waals surface area contributed by atoms with E-state index in [1.165, 1.54) is 0 Å². The molecule has 0 atom stereocenters. The molecule has 3 aromatic rings. The number of rotatable bonds is 9. The molecule has 0 aliphatic heterocycles. The molecule has 0 unspecified atom stereocenters. The lowest BCUT2D eigenvalue weighted by molar-refractivity contribution is 0.284. The van der Waals surface area contributed by atoms with Crippen molar-refractivity contribution in [1.29, 1.82) is 0 Å². The summed E-state index contributed by atoms with van der Waals surface area (Å²) in [6.45, 7) is 1.61. The van der Waals surface area contributed by atoms with Gasteiger partial charge in [-0.15, -0.1) is 12.4 Å². The predicted octanol–water partition coefficient (Wildman–Crippen LogP) is 6.30. The molecule has 0 radical (unpaired) electrons. The van der Waals surface area contributed by atoms with Crippen molar-refractivity contribution >= 4 is 35.6 Å². The van der Waals surface area contributed by atoms with E-state index in [9.17, 15) is 0 Å². The molecule has 3 aromatic carbocycles. The largest absolute Gasteiger partial charge is 0.496 e. The Kier molecular flexibility index (Phi) is 9.60. The Bertz CT molecular complexity index is 966. The van der Waals surface area contributed by atoms with Crippen molar-refractivity contribution in [1.82, 2.24) is 5.32 Å². The van der Waals surface area contributed by atoms with Crippen LogP contribution in [-0.2, 0) is 19.7 Å². The van der Waals surface area contributed by atoms with Crippen LogP contribution in [0.5, 0.6) is 17.2 Å². The third kappa shape index (κ3) is 6.19. The Morgan fingerprint density at radius 1 is 0.767 bits per heavy atom. The minimum atomic E-state index is 0. The van der Waals surface area contributed by atoms with Crippen molar-refractivity contribution in [3.8, 4) is 17.2 Å². The zero-order valence-electron chi connectivity index (χ0n) is 16.8. The van der Waals surface area contributed by atoms with Gasteiger partial charge in [-0.25, -0.2) is 0 Å². The van der Waals surface area contributed by atoms with Crippen LogP contribution >= 0.6 is 35.6 Å². The van der Waals surface area contributed by atoms with Crippen molar-refractivity contribution in [2.24, 2.45) is 0 Å². The standard InChI is InChI=1S/C23H23Cl2NO3.ClH/c1-27-21-10-6-4-7-17(21)14-26-13-16-11-20(25)23(22(12-16)28-2)29-15-18-8-3-5-9-19(18)24;/h3-12,26H,13-15H2,1-2H3;1H. The molecule has 0 saturated carbocycles. The second kappa shape index (κ2) is 11.9. The summed E-state index contributed by atoms with van der Waals surface area (Å²) in [4.78, 5) is 0. The third-order valence-corrected chi connectivity index (χ3v) is 5.11. The molecule has 4 nitrogen and oxygen atoms in total. The van der Waals surface area contributed by atoms with E-state index in [4.69, 9.17) is 37.4 Å². The van der Waals surface area contributed by atoms with E-state index in [0.717, 1.165) is 22.4 Å². The summed E-state index contributed by atoms with van der Waals surface area (Å²) in [5, 5.41) is 4.55. The fraction of sp³-hybridized carbons (Fsp3) is 0.217. The molecular weight excluding hydrogens is 445 g/mol. The zero-order valence-corrected chi connectivity index (χ0v) is 19.1. The van der Waals surface area contributed by atoms with Crippen LogP contribution in [0.3, 0.4) is 0 Å². The van der Waals surface area contributed by atoms with Gasteiger partial charge in [-0.05, 0) is 29.8 Å². The maximum Gasteiger partial charge on any atom is 0.180 e. The number of benzene rings is 3. The highest BCUT2D eigenvalue weighted by atomic mass is 35.5. The smallest absolute Gasteiger partial charge is 0.180 e. The van der Waals surface area contributed by atoms with Gasteiger partial charge in [0, 0.05) is 29.2 Å². The highest BCUT2D eigenvalue weighted by molar-refractivity contribution is 6.32. The first kappa shape index (κ1) is 24.2. The first-order valence-corrected chi connectivity index (χ1v) is 9.93. The normalized spacial score (nSPS) is 10.3.